The van der Waals surface area contributed by atoms with E-state index >= 15 is 0 Å². The van der Waals surface area contributed by atoms with Gasteiger partial charge in [0.25, 0.3) is 0 Å². The maximum atomic E-state index is 14.6. The lowest BCUT2D eigenvalue weighted by Gasteiger charge is -2.26. The van der Waals surface area contributed by atoms with Crippen molar-refractivity contribution in [3.63, 3.8) is 0 Å². The summed E-state index contributed by atoms with van der Waals surface area (Å²) >= 11 is 1.77. The summed E-state index contributed by atoms with van der Waals surface area (Å²) in [7, 11) is 0. The Morgan fingerprint density at radius 1 is 0.500 bits per heavy atom. The number of para-hydroxylation sites is 2. The average molecular weight is 648 g/mol. The Morgan fingerprint density at radius 3 is 1.85 bits per heavy atom. The highest BCUT2D eigenvalue weighted by molar-refractivity contribution is 7.26. The molecule has 48 heavy (non-hydrogen) atoms. The van der Waals surface area contributed by atoms with Gasteiger partial charge in [0, 0.05) is 60.1 Å². The maximum Gasteiger partial charge on any atom is 0.144 e. The zero-order valence-electron chi connectivity index (χ0n) is 25.3. The summed E-state index contributed by atoms with van der Waals surface area (Å²) in [4.78, 5) is 2.09. The second kappa shape index (κ2) is 11.1. The van der Waals surface area contributed by atoms with Crippen LogP contribution >= 0.6 is 11.3 Å². The highest BCUT2D eigenvalue weighted by atomic mass is 32.1. The summed E-state index contributed by atoms with van der Waals surface area (Å²) in [6.07, 6.45) is 0. The molecular weight excluding hydrogens is 624 g/mol. The molecule has 0 aliphatic carbocycles. The molecule has 230 valence electrons. The van der Waals surface area contributed by atoms with E-state index in [0.29, 0.717) is 17.7 Å². The van der Waals surface area contributed by atoms with Gasteiger partial charge in [-0.2, -0.15) is 0 Å². The Hall–Kier alpha value is -5.85. The number of hydrogen-bond donors (Lipinski definition) is 0. The van der Waals surface area contributed by atoms with Crippen molar-refractivity contribution >= 4 is 70.5 Å². The molecule has 2 nitrogen and oxygen atoms in total. The van der Waals surface area contributed by atoms with Crippen molar-refractivity contribution in [2.45, 2.75) is 0 Å². The Balaban J connectivity index is 1.15. The van der Waals surface area contributed by atoms with Gasteiger partial charge in [-0.25, -0.2) is 13.2 Å². The summed E-state index contributed by atoms with van der Waals surface area (Å²) in [5.41, 5.74) is 6.69. The fraction of sp³-hybridized carbons (Fsp3) is 0. The molecule has 0 radical (unpaired) electrons. The van der Waals surface area contributed by atoms with E-state index in [1.807, 2.05) is 60.7 Å². The van der Waals surface area contributed by atoms with E-state index in [1.165, 1.54) is 14.8 Å². The van der Waals surface area contributed by atoms with E-state index in [4.69, 9.17) is 4.42 Å². The van der Waals surface area contributed by atoms with E-state index in [2.05, 4.69) is 65.6 Å². The lowest BCUT2D eigenvalue weighted by Crippen LogP contribution is -2.09. The van der Waals surface area contributed by atoms with Gasteiger partial charge in [-0.1, -0.05) is 72.8 Å². The topological polar surface area (TPSA) is 16.4 Å². The molecule has 2 aromatic heterocycles. The van der Waals surface area contributed by atoms with Crippen molar-refractivity contribution in [2.24, 2.45) is 0 Å². The third-order valence-electron chi connectivity index (χ3n) is 8.88. The van der Waals surface area contributed by atoms with Crippen LogP contribution in [0.1, 0.15) is 0 Å². The van der Waals surface area contributed by atoms with Crippen LogP contribution in [0.2, 0.25) is 0 Å². The molecular formula is C42H24F3NOS. The summed E-state index contributed by atoms with van der Waals surface area (Å²) in [5, 5.41) is 4.52. The number of benzene rings is 7. The van der Waals surface area contributed by atoms with E-state index in [1.54, 1.807) is 23.5 Å². The first-order valence-electron chi connectivity index (χ1n) is 15.5. The second-order valence-electron chi connectivity index (χ2n) is 11.7. The molecule has 0 fully saturated rings. The zero-order valence-corrected chi connectivity index (χ0v) is 26.1. The van der Waals surface area contributed by atoms with E-state index in [9.17, 15) is 13.2 Å². The number of rotatable bonds is 5. The van der Waals surface area contributed by atoms with Gasteiger partial charge in [0.1, 0.15) is 28.6 Å². The monoisotopic (exact) mass is 647 g/mol. The van der Waals surface area contributed by atoms with Gasteiger partial charge in [0.15, 0.2) is 0 Å². The Labute approximate surface area is 277 Å². The van der Waals surface area contributed by atoms with Gasteiger partial charge in [0.05, 0.1) is 5.56 Å². The quantitative estimate of drug-likeness (QED) is 0.185. The minimum Gasteiger partial charge on any atom is -0.455 e. The van der Waals surface area contributed by atoms with Crippen LogP contribution in [0.15, 0.2) is 150 Å². The van der Waals surface area contributed by atoms with E-state index in [0.717, 1.165) is 55.5 Å². The lowest BCUT2D eigenvalue weighted by molar-refractivity contribution is 0.548. The molecule has 6 heteroatoms. The second-order valence-corrected chi connectivity index (χ2v) is 12.8. The van der Waals surface area contributed by atoms with Gasteiger partial charge < -0.3 is 9.32 Å². The van der Waals surface area contributed by atoms with Gasteiger partial charge in [0.2, 0.25) is 0 Å². The molecule has 0 saturated carbocycles. The SMILES string of the molecule is Fc1cc(F)c(-c2ccc(N(c3ccccc3)c3ccc(-c4cccc5sc6ccc7c8ccccc8oc7c6c45)cc3)cc2)c(F)c1. The molecule has 9 aromatic rings. The van der Waals surface area contributed by atoms with Crippen molar-refractivity contribution in [3.8, 4) is 22.3 Å². The summed E-state index contributed by atoms with van der Waals surface area (Å²) in [6.45, 7) is 0. The fourth-order valence-electron chi connectivity index (χ4n) is 6.74. The Kier molecular flexibility index (Phi) is 6.59. The van der Waals surface area contributed by atoms with Crippen LogP contribution in [0.3, 0.4) is 0 Å². The Morgan fingerprint density at radius 2 is 1.12 bits per heavy atom. The first kappa shape index (κ1) is 28.4. The highest BCUT2D eigenvalue weighted by Crippen LogP contribution is 2.46. The maximum absolute atomic E-state index is 14.6. The van der Waals surface area contributed by atoms with Crippen molar-refractivity contribution in [1.29, 1.82) is 0 Å². The average Bonchev–Trinajstić information content (AvgIpc) is 3.68. The molecule has 7 aromatic carbocycles. The van der Waals surface area contributed by atoms with Crippen LogP contribution < -0.4 is 4.90 Å². The molecule has 0 bridgehead atoms. The fourth-order valence-corrected chi connectivity index (χ4v) is 7.87. The van der Waals surface area contributed by atoms with Crippen molar-refractivity contribution in [3.05, 3.63) is 163 Å². The third kappa shape index (κ3) is 4.56. The highest BCUT2D eigenvalue weighted by Gasteiger charge is 2.19. The number of halogens is 3. The molecule has 0 spiro atoms. The van der Waals surface area contributed by atoms with Gasteiger partial charge in [-0.15, -0.1) is 11.3 Å². The minimum atomic E-state index is -0.949. The first-order valence-corrected chi connectivity index (χ1v) is 16.3. The van der Waals surface area contributed by atoms with Crippen LogP contribution in [0.5, 0.6) is 0 Å². The predicted molar refractivity (Wildman–Crippen MR) is 192 cm³/mol. The molecule has 0 aliphatic rings. The molecule has 0 amide bonds. The molecule has 0 unspecified atom stereocenters. The number of nitrogens with zero attached hydrogens (tertiary/aromatic N) is 1. The standard InChI is InChI=1S/C42H24F3NOS/c43-27-23-34(44)39(35(45)24-27)26-15-19-30(20-16-26)46(28-7-2-1-3-8-28)29-17-13-25(14-18-29)31-10-6-12-37-40(31)41-38(48-37)22-21-33-32-9-4-5-11-36(32)47-42(33)41/h1-24H. The smallest absolute Gasteiger partial charge is 0.144 e. The van der Waals surface area contributed by atoms with Crippen molar-refractivity contribution in [2.75, 3.05) is 4.90 Å². The van der Waals surface area contributed by atoms with E-state index in [-0.39, 0.29) is 5.56 Å². The molecule has 0 saturated heterocycles. The molecule has 0 N–H and O–H groups in total. The van der Waals surface area contributed by atoms with Gasteiger partial charge in [-0.05, 0) is 77.4 Å². The number of thiophene rings is 1. The molecule has 2 heterocycles. The number of fused-ring (bicyclic) bond motifs is 7. The largest absolute Gasteiger partial charge is 0.455 e. The predicted octanol–water partition coefficient (Wildman–Crippen LogP) is 13.2. The third-order valence-corrected chi connectivity index (χ3v) is 10.00. The van der Waals surface area contributed by atoms with Crippen LogP contribution in [0, 0.1) is 17.5 Å². The number of furan rings is 1. The normalized spacial score (nSPS) is 11.6. The van der Waals surface area contributed by atoms with Crippen LogP contribution in [-0.4, -0.2) is 0 Å². The van der Waals surface area contributed by atoms with Crippen LogP contribution in [0.25, 0.3) is 64.4 Å². The number of anilines is 3. The van der Waals surface area contributed by atoms with Crippen LogP contribution in [-0.2, 0) is 0 Å². The lowest BCUT2D eigenvalue weighted by atomic mass is 9.98. The van der Waals surface area contributed by atoms with Gasteiger partial charge >= 0.3 is 0 Å². The molecule has 0 atom stereocenters. The van der Waals surface area contributed by atoms with Crippen LogP contribution in [0.4, 0.5) is 30.2 Å². The Bertz CT molecular complexity index is 2620. The molecule has 9 rings (SSSR count). The molecule has 0 aliphatic heterocycles. The van der Waals surface area contributed by atoms with E-state index < -0.39 is 17.5 Å². The summed E-state index contributed by atoms with van der Waals surface area (Å²) in [5.74, 6) is -2.83. The first-order chi connectivity index (χ1) is 23.5. The zero-order chi connectivity index (χ0) is 32.4. The minimum absolute atomic E-state index is 0.256. The number of hydrogen-bond acceptors (Lipinski definition) is 3. The summed E-state index contributed by atoms with van der Waals surface area (Å²) in [6, 6.07) is 45.6. The van der Waals surface area contributed by atoms with Crippen molar-refractivity contribution in [1.82, 2.24) is 0 Å². The van der Waals surface area contributed by atoms with Crippen molar-refractivity contribution < 1.29 is 17.6 Å². The summed E-state index contributed by atoms with van der Waals surface area (Å²) < 4.78 is 51.5. The van der Waals surface area contributed by atoms with Gasteiger partial charge in [-0.3, -0.25) is 0 Å².